The molecule has 1 N–H and O–H groups in total. The normalized spacial score (nSPS) is 17.5. The minimum absolute atomic E-state index is 0.105. The van der Waals surface area contributed by atoms with Crippen molar-refractivity contribution in [3.05, 3.63) is 24.0 Å². The van der Waals surface area contributed by atoms with E-state index in [1.54, 1.807) is 12.3 Å². The van der Waals surface area contributed by atoms with Crippen molar-refractivity contribution in [2.75, 3.05) is 18.0 Å². The van der Waals surface area contributed by atoms with Gasteiger partial charge < -0.3 is 10.0 Å². The number of nitrogens with zero attached hydrogens (tertiary/aromatic N) is 2. The van der Waals surface area contributed by atoms with Crippen LogP contribution in [-0.4, -0.2) is 29.1 Å². The summed E-state index contributed by atoms with van der Waals surface area (Å²) in [6.45, 7) is 8.95. The molecule has 0 atom stereocenters. The number of carboxylic acids is 1. The van der Waals surface area contributed by atoms with Gasteiger partial charge in [-0.3, -0.25) is 0 Å². The van der Waals surface area contributed by atoms with Gasteiger partial charge in [0.15, 0.2) is 0 Å². The molecule has 0 saturated carbocycles. The lowest BCUT2D eigenvalue weighted by molar-refractivity contribution is 0.0690. The molecule has 0 bridgehead atoms. The fourth-order valence-electron chi connectivity index (χ4n) is 2.70. The van der Waals surface area contributed by atoms with Crippen molar-refractivity contribution in [1.82, 2.24) is 4.98 Å². The highest BCUT2D eigenvalue weighted by Gasteiger charge is 2.28. The van der Waals surface area contributed by atoms with Crippen molar-refractivity contribution in [2.45, 2.75) is 33.6 Å². The van der Waals surface area contributed by atoms with Crippen LogP contribution in [0.5, 0.6) is 0 Å². The van der Waals surface area contributed by atoms with E-state index >= 15 is 0 Å². The minimum atomic E-state index is -0.974. The fraction of sp³-hybridized carbons (Fsp3) is 0.600. The van der Waals surface area contributed by atoms with Crippen molar-refractivity contribution in [2.24, 2.45) is 11.3 Å². The van der Waals surface area contributed by atoms with Crippen LogP contribution in [0, 0.1) is 11.3 Å². The molecule has 1 fully saturated rings. The zero-order chi connectivity index (χ0) is 14.0. The number of rotatable bonds is 2. The Hall–Kier alpha value is -1.58. The van der Waals surface area contributed by atoms with Crippen LogP contribution in [0.2, 0.25) is 0 Å². The molecule has 4 heteroatoms. The summed E-state index contributed by atoms with van der Waals surface area (Å²) in [6, 6.07) is 3.43. The highest BCUT2D eigenvalue weighted by atomic mass is 16.4. The Labute approximate surface area is 114 Å². The van der Waals surface area contributed by atoms with Crippen molar-refractivity contribution >= 4 is 11.7 Å². The molecule has 1 aliphatic rings. The van der Waals surface area contributed by atoms with E-state index in [9.17, 15) is 4.79 Å². The summed E-state index contributed by atoms with van der Waals surface area (Å²) in [7, 11) is 0. The predicted molar refractivity (Wildman–Crippen MR) is 75.6 cm³/mol. The van der Waals surface area contributed by atoms with Gasteiger partial charge in [0.2, 0.25) is 0 Å². The largest absolute Gasteiger partial charge is 0.477 e. The standard InChI is InChI=1S/C15H22N2O2/c1-15(2,3)11-6-8-17(9-7-11)12-4-5-13(14(18)19)16-10-12/h4-5,10-11H,6-9H2,1-3H3,(H,18,19). The van der Waals surface area contributed by atoms with Crippen LogP contribution in [0.25, 0.3) is 0 Å². The van der Waals surface area contributed by atoms with E-state index in [2.05, 4.69) is 30.7 Å². The van der Waals surface area contributed by atoms with Crippen LogP contribution < -0.4 is 4.90 Å². The van der Waals surface area contributed by atoms with Gasteiger partial charge in [-0.1, -0.05) is 20.8 Å². The van der Waals surface area contributed by atoms with Crippen LogP contribution in [0.1, 0.15) is 44.1 Å². The lowest BCUT2D eigenvalue weighted by atomic mass is 9.75. The molecule has 0 aromatic carbocycles. The molecule has 1 aliphatic heterocycles. The van der Waals surface area contributed by atoms with Crippen LogP contribution in [0.3, 0.4) is 0 Å². The minimum Gasteiger partial charge on any atom is -0.477 e. The molecular formula is C15H22N2O2. The Balaban J connectivity index is 2.00. The molecule has 104 valence electrons. The average Bonchev–Trinajstić information content (AvgIpc) is 2.38. The molecule has 2 heterocycles. The third-order valence-corrected chi connectivity index (χ3v) is 4.05. The third-order valence-electron chi connectivity index (χ3n) is 4.05. The summed E-state index contributed by atoms with van der Waals surface area (Å²) >= 11 is 0. The first-order chi connectivity index (χ1) is 8.88. The molecule has 0 spiro atoms. The summed E-state index contributed by atoms with van der Waals surface area (Å²) in [5, 5.41) is 8.83. The quantitative estimate of drug-likeness (QED) is 0.890. The predicted octanol–water partition coefficient (Wildman–Crippen LogP) is 3.04. The smallest absolute Gasteiger partial charge is 0.354 e. The molecule has 0 unspecified atom stereocenters. The van der Waals surface area contributed by atoms with Gasteiger partial charge in [-0.15, -0.1) is 0 Å². The molecule has 1 saturated heterocycles. The van der Waals surface area contributed by atoms with E-state index in [1.165, 1.54) is 12.8 Å². The number of hydrogen-bond donors (Lipinski definition) is 1. The lowest BCUT2D eigenvalue weighted by Gasteiger charge is -2.39. The van der Waals surface area contributed by atoms with Gasteiger partial charge in [-0.25, -0.2) is 9.78 Å². The van der Waals surface area contributed by atoms with E-state index in [4.69, 9.17) is 5.11 Å². The number of carboxylic acid groups (broad SMARTS) is 1. The zero-order valence-corrected chi connectivity index (χ0v) is 11.9. The highest BCUT2D eigenvalue weighted by molar-refractivity contribution is 5.85. The summed E-state index contributed by atoms with van der Waals surface area (Å²) in [5.41, 5.74) is 1.50. The molecule has 0 amide bonds. The molecule has 0 aliphatic carbocycles. The molecule has 4 nitrogen and oxygen atoms in total. The topological polar surface area (TPSA) is 53.4 Å². The van der Waals surface area contributed by atoms with Gasteiger partial charge >= 0.3 is 5.97 Å². The first-order valence-corrected chi connectivity index (χ1v) is 6.82. The number of aromatic carboxylic acids is 1. The Kier molecular flexibility index (Phi) is 3.78. The Bertz CT molecular complexity index is 440. The molecular weight excluding hydrogens is 240 g/mol. The van der Waals surface area contributed by atoms with E-state index in [-0.39, 0.29) is 5.69 Å². The second-order valence-corrected chi connectivity index (χ2v) is 6.33. The van der Waals surface area contributed by atoms with E-state index < -0.39 is 5.97 Å². The molecule has 19 heavy (non-hydrogen) atoms. The van der Waals surface area contributed by atoms with Crippen molar-refractivity contribution in [3.8, 4) is 0 Å². The maximum absolute atomic E-state index is 10.8. The van der Waals surface area contributed by atoms with Crippen LogP contribution in [0.15, 0.2) is 18.3 Å². The monoisotopic (exact) mass is 262 g/mol. The Morgan fingerprint density at radius 1 is 1.32 bits per heavy atom. The summed E-state index contributed by atoms with van der Waals surface area (Å²) in [6.07, 6.45) is 4.04. The average molecular weight is 262 g/mol. The number of aromatic nitrogens is 1. The molecule has 0 radical (unpaired) electrons. The number of pyridine rings is 1. The molecule has 1 aromatic heterocycles. The Morgan fingerprint density at radius 3 is 2.37 bits per heavy atom. The summed E-state index contributed by atoms with van der Waals surface area (Å²) < 4.78 is 0. The van der Waals surface area contributed by atoms with Crippen molar-refractivity contribution in [3.63, 3.8) is 0 Å². The fourth-order valence-corrected chi connectivity index (χ4v) is 2.70. The van der Waals surface area contributed by atoms with E-state index in [0.717, 1.165) is 24.7 Å². The first-order valence-electron chi connectivity index (χ1n) is 6.82. The molecule has 1 aromatic rings. The van der Waals surface area contributed by atoms with E-state index in [0.29, 0.717) is 5.41 Å². The maximum Gasteiger partial charge on any atom is 0.354 e. The van der Waals surface area contributed by atoms with Gasteiger partial charge in [-0.05, 0) is 36.3 Å². The summed E-state index contributed by atoms with van der Waals surface area (Å²) in [4.78, 5) is 17.0. The zero-order valence-electron chi connectivity index (χ0n) is 11.9. The second-order valence-electron chi connectivity index (χ2n) is 6.33. The van der Waals surface area contributed by atoms with Crippen molar-refractivity contribution in [1.29, 1.82) is 0 Å². The van der Waals surface area contributed by atoms with Gasteiger partial charge in [0.25, 0.3) is 0 Å². The van der Waals surface area contributed by atoms with Crippen LogP contribution in [-0.2, 0) is 0 Å². The number of carbonyl (C=O) groups is 1. The summed E-state index contributed by atoms with van der Waals surface area (Å²) in [5.74, 6) is -0.215. The third kappa shape index (κ3) is 3.25. The second kappa shape index (κ2) is 5.19. The first kappa shape index (κ1) is 13.8. The van der Waals surface area contributed by atoms with Crippen molar-refractivity contribution < 1.29 is 9.90 Å². The van der Waals surface area contributed by atoms with Gasteiger partial charge in [0, 0.05) is 13.1 Å². The SMILES string of the molecule is CC(C)(C)C1CCN(c2ccc(C(=O)O)nc2)CC1. The number of piperidine rings is 1. The van der Waals surface area contributed by atoms with Gasteiger partial charge in [-0.2, -0.15) is 0 Å². The highest BCUT2D eigenvalue weighted by Crippen LogP contribution is 2.35. The number of anilines is 1. The maximum atomic E-state index is 10.8. The molecule has 2 rings (SSSR count). The lowest BCUT2D eigenvalue weighted by Crippen LogP contribution is -2.38. The van der Waals surface area contributed by atoms with Gasteiger partial charge in [0.1, 0.15) is 5.69 Å². The van der Waals surface area contributed by atoms with Crippen LogP contribution in [0.4, 0.5) is 5.69 Å². The van der Waals surface area contributed by atoms with Gasteiger partial charge in [0.05, 0.1) is 11.9 Å². The van der Waals surface area contributed by atoms with E-state index in [1.807, 2.05) is 6.07 Å². The van der Waals surface area contributed by atoms with Crippen LogP contribution >= 0.6 is 0 Å². The number of hydrogen-bond acceptors (Lipinski definition) is 3. The Morgan fingerprint density at radius 2 is 1.95 bits per heavy atom.